The zero-order chi connectivity index (χ0) is 16.1. The van der Waals surface area contributed by atoms with E-state index in [-0.39, 0.29) is 11.1 Å². The van der Waals surface area contributed by atoms with E-state index in [2.05, 4.69) is 16.8 Å². The van der Waals surface area contributed by atoms with Gasteiger partial charge in [0.05, 0.1) is 5.02 Å². The van der Waals surface area contributed by atoms with Gasteiger partial charge in [-0.25, -0.2) is 9.18 Å². The summed E-state index contributed by atoms with van der Waals surface area (Å²) in [5.74, 6) is -0.409. The fourth-order valence-electron chi connectivity index (χ4n) is 2.67. The maximum atomic E-state index is 14.4. The average Bonchev–Trinajstić information content (AvgIpc) is 3.29. The second-order valence-electron chi connectivity index (χ2n) is 5.38. The van der Waals surface area contributed by atoms with Crippen molar-refractivity contribution in [3.05, 3.63) is 47.3 Å². The molecule has 0 aromatic heterocycles. The van der Waals surface area contributed by atoms with Crippen LogP contribution >= 0.6 is 11.6 Å². The molecule has 1 amide bonds. The minimum absolute atomic E-state index is 0.103. The van der Waals surface area contributed by atoms with Gasteiger partial charge in [-0.05, 0) is 25.3 Å². The first-order chi connectivity index (χ1) is 10.5. The Hall–Kier alpha value is -1.59. The van der Waals surface area contributed by atoms with Crippen LogP contribution < -0.4 is 5.32 Å². The summed E-state index contributed by atoms with van der Waals surface area (Å²) in [6.07, 6.45) is 3.38. The molecule has 0 saturated heterocycles. The van der Waals surface area contributed by atoms with E-state index < -0.39 is 11.9 Å². The summed E-state index contributed by atoms with van der Waals surface area (Å²) < 4.78 is 14.4. The van der Waals surface area contributed by atoms with Crippen LogP contribution in [0.15, 0.2) is 30.9 Å². The van der Waals surface area contributed by atoms with E-state index in [1.807, 2.05) is 0 Å². The van der Waals surface area contributed by atoms with E-state index in [1.54, 1.807) is 18.2 Å². The summed E-state index contributed by atoms with van der Waals surface area (Å²) in [6, 6.07) is 5.17. The quantitative estimate of drug-likeness (QED) is 0.714. The Kier molecular flexibility index (Phi) is 5.80. The lowest BCUT2D eigenvalue weighted by Gasteiger charge is -2.32. The number of rotatable bonds is 8. The number of carbonyl (C=O) groups is 1. The summed E-state index contributed by atoms with van der Waals surface area (Å²) in [7, 11) is 0. The molecule has 4 nitrogen and oxygen atoms in total. The van der Waals surface area contributed by atoms with E-state index in [9.17, 15) is 9.18 Å². The lowest BCUT2D eigenvalue weighted by atomic mass is 10.0. The van der Waals surface area contributed by atoms with Gasteiger partial charge in [-0.15, -0.1) is 6.58 Å². The van der Waals surface area contributed by atoms with Crippen LogP contribution in [0.2, 0.25) is 5.02 Å². The normalized spacial score (nSPS) is 15.6. The summed E-state index contributed by atoms with van der Waals surface area (Å²) in [6.45, 7) is 4.59. The van der Waals surface area contributed by atoms with Gasteiger partial charge >= 0.3 is 6.09 Å². The minimum Gasteiger partial charge on any atom is -0.465 e. The zero-order valence-electron chi connectivity index (χ0n) is 12.3. The van der Waals surface area contributed by atoms with Crippen LogP contribution in [0.4, 0.5) is 9.18 Å². The van der Waals surface area contributed by atoms with E-state index in [1.165, 1.54) is 6.07 Å². The molecule has 2 rings (SSSR count). The second kappa shape index (κ2) is 7.61. The number of hydrogen-bond donors (Lipinski definition) is 2. The lowest BCUT2D eigenvalue weighted by Crippen LogP contribution is -2.38. The van der Waals surface area contributed by atoms with Gasteiger partial charge in [-0.2, -0.15) is 0 Å². The Morgan fingerprint density at radius 1 is 1.59 bits per heavy atom. The Labute approximate surface area is 134 Å². The van der Waals surface area contributed by atoms with Crippen LogP contribution in [0.3, 0.4) is 0 Å². The molecule has 1 fully saturated rings. The minimum atomic E-state index is -1.05. The third-order valence-electron chi connectivity index (χ3n) is 3.79. The van der Waals surface area contributed by atoms with E-state index >= 15 is 0 Å². The third kappa shape index (κ3) is 4.21. The molecule has 6 heteroatoms. The summed E-state index contributed by atoms with van der Waals surface area (Å²) in [5.41, 5.74) is 0.537. The molecule has 22 heavy (non-hydrogen) atoms. The molecule has 0 aliphatic heterocycles. The predicted molar refractivity (Wildman–Crippen MR) is 84.7 cm³/mol. The molecule has 1 aliphatic rings. The maximum absolute atomic E-state index is 14.4. The van der Waals surface area contributed by atoms with Crippen molar-refractivity contribution in [1.29, 1.82) is 0 Å². The molecule has 1 aliphatic carbocycles. The Morgan fingerprint density at radius 3 is 2.91 bits per heavy atom. The number of carboxylic acid groups (broad SMARTS) is 1. The van der Waals surface area contributed by atoms with Crippen molar-refractivity contribution in [3.63, 3.8) is 0 Å². The first kappa shape index (κ1) is 16.8. The summed E-state index contributed by atoms with van der Waals surface area (Å²) in [5, 5.41) is 11.2. The molecular weight excluding hydrogens is 307 g/mol. The van der Waals surface area contributed by atoms with Crippen molar-refractivity contribution >= 4 is 17.7 Å². The fourth-order valence-corrected chi connectivity index (χ4v) is 2.85. The highest BCUT2D eigenvalue weighted by atomic mass is 35.5. The molecule has 1 saturated carbocycles. The maximum Gasteiger partial charge on any atom is 0.404 e. The second-order valence-corrected chi connectivity index (χ2v) is 5.79. The number of nitrogens with one attached hydrogen (secondary N) is 1. The average molecular weight is 327 g/mol. The summed E-state index contributed by atoms with van der Waals surface area (Å²) in [4.78, 5) is 12.8. The van der Waals surface area contributed by atoms with E-state index in [0.29, 0.717) is 31.1 Å². The topological polar surface area (TPSA) is 52.6 Å². The molecule has 0 heterocycles. The first-order valence-corrected chi connectivity index (χ1v) is 7.69. The van der Waals surface area contributed by atoms with Crippen LogP contribution in [0.25, 0.3) is 0 Å². The molecule has 1 aromatic carbocycles. The van der Waals surface area contributed by atoms with Gasteiger partial charge in [0.25, 0.3) is 0 Å². The molecule has 2 N–H and O–H groups in total. The molecular formula is C16H20ClFN2O2. The number of benzene rings is 1. The first-order valence-electron chi connectivity index (χ1n) is 7.32. The van der Waals surface area contributed by atoms with Crippen molar-refractivity contribution in [2.75, 3.05) is 13.1 Å². The molecule has 1 unspecified atom stereocenters. The van der Waals surface area contributed by atoms with Gasteiger partial charge in [-0.1, -0.05) is 29.8 Å². The van der Waals surface area contributed by atoms with Crippen molar-refractivity contribution in [2.45, 2.75) is 31.3 Å². The molecule has 0 bridgehead atoms. The van der Waals surface area contributed by atoms with Gasteiger partial charge in [0.15, 0.2) is 0 Å². The van der Waals surface area contributed by atoms with E-state index in [0.717, 1.165) is 12.8 Å². The smallest absolute Gasteiger partial charge is 0.404 e. The number of amides is 1. The molecule has 1 aromatic rings. The van der Waals surface area contributed by atoms with Gasteiger partial charge in [-0.3, -0.25) is 4.90 Å². The van der Waals surface area contributed by atoms with Gasteiger partial charge in [0.2, 0.25) is 0 Å². The number of nitrogens with zero attached hydrogens (tertiary/aromatic N) is 1. The SMILES string of the molecule is C=CCC(c1cccc(Cl)c1F)N(CCNC(=O)O)C1CC1. The van der Waals surface area contributed by atoms with Crippen LogP contribution in [0, 0.1) is 5.82 Å². The van der Waals surface area contributed by atoms with Crippen molar-refractivity contribution in [2.24, 2.45) is 0 Å². The van der Waals surface area contributed by atoms with Crippen molar-refractivity contribution in [1.82, 2.24) is 10.2 Å². The Morgan fingerprint density at radius 2 is 2.32 bits per heavy atom. The lowest BCUT2D eigenvalue weighted by molar-refractivity contribution is 0.172. The highest BCUT2D eigenvalue weighted by Gasteiger charge is 2.35. The zero-order valence-corrected chi connectivity index (χ0v) is 13.0. The van der Waals surface area contributed by atoms with Gasteiger partial charge in [0, 0.05) is 30.7 Å². The van der Waals surface area contributed by atoms with Crippen LogP contribution in [0.5, 0.6) is 0 Å². The van der Waals surface area contributed by atoms with E-state index in [4.69, 9.17) is 16.7 Å². The standard InChI is InChI=1S/C16H20ClFN2O2/c1-2-4-14(12-5-3-6-13(17)15(12)18)20(11-7-8-11)10-9-19-16(21)22/h2-3,5-6,11,14,19H,1,4,7-10H2,(H,21,22). The number of hydrogen-bond acceptors (Lipinski definition) is 2. The number of halogens is 2. The largest absolute Gasteiger partial charge is 0.465 e. The fraction of sp³-hybridized carbons (Fsp3) is 0.438. The van der Waals surface area contributed by atoms with Crippen LogP contribution in [-0.4, -0.2) is 35.2 Å². The monoisotopic (exact) mass is 326 g/mol. The highest BCUT2D eigenvalue weighted by molar-refractivity contribution is 6.30. The Bertz CT molecular complexity index is 549. The summed E-state index contributed by atoms with van der Waals surface area (Å²) >= 11 is 5.89. The van der Waals surface area contributed by atoms with Crippen molar-refractivity contribution < 1.29 is 14.3 Å². The molecule has 1 atom stereocenters. The Balaban J connectivity index is 2.20. The molecule has 0 spiro atoms. The predicted octanol–water partition coefficient (Wildman–Crippen LogP) is 3.83. The van der Waals surface area contributed by atoms with Gasteiger partial charge in [0.1, 0.15) is 5.82 Å². The van der Waals surface area contributed by atoms with Gasteiger partial charge < -0.3 is 10.4 Å². The third-order valence-corrected chi connectivity index (χ3v) is 4.08. The van der Waals surface area contributed by atoms with Crippen LogP contribution in [-0.2, 0) is 0 Å². The molecule has 120 valence electrons. The van der Waals surface area contributed by atoms with Crippen molar-refractivity contribution in [3.8, 4) is 0 Å². The highest BCUT2D eigenvalue weighted by Crippen LogP contribution is 2.37. The molecule has 0 radical (unpaired) electrons. The van der Waals surface area contributed by atoms with Crippen LogP contribution in [0.1, 0.15) is 30.9 Å².